The first-order chi connectivity index (χ1) is 7.18. The summed E-state index contributed by atoms with van der Waals surface area (Å²) in [5.41, 5.74) is 1.21. The van der Waals surface area contributed by atoms with Crippen LogP contribution in [0.2, 0.25) is 0 Å². The molecular formula is C12H9FO2. The van der Waals surface area contributed by atoms with Crippen LogP contribution in [-0.2, 0) is 0 Å². The molecule has 0 atom stereocenters. The number of hydrogen-bond acceptors (Lipinski definition) is 2. The van der Waals surface area contributed by atoms with Gasteiger partial charge in [-0.3, -0.25) is 4.79 Å². The lowest BCUT2D eigenvalue weighted by molar-refractivity contribution is 0.101. The van der Waals surface area contributed by atoms with E-state index in [4.69, 9.17) is 4.42 Å². The highest BCUT2D eigenvalue weighted by Crippen LogP contribution is 2.15. The molecule has 3 heteroatoms. The molecule has 1 aromatic heterocycles. The van der Waals surface area contributed by atoms with Gasteiger partial charge in [0.25, 0.3) is 0 Å². The second kappa shape index (κ2) is 3.69. The number of carbonyl (C=O) groups is 1. The Kier molecular flexibility index (Phi) is 2.37. The smallest absolute Gasteiger partial charge is 0.228 e. The Morgan fingerprint density at radius 1 is 1.20 bits per heavy atom. The quantitative estimate of drug-likeness (QED) is 0.704. The molecule has 0 bridgehead atoms. The summed E-state index contributed by atoms with van der Waals surface area (Å²) in [4.78, 5) is 11.8. The number of rotatable bonds is 2. The van der Waals surface area contributed by atoms with Crippen LogP contribution >= 0.6 is 0 Å². The Hall–Kier alpha value is -1.90. The number of carbonyl (C=O) groups excluding carboxylic acids is 1. The molecule has 0 saturated carbocycles. The largest absolute Gasteiger partial charge is 0.461 e. The molecule has 15 heavy (non-hydrogen) atoms. The summed E-state index contributed by atoms with van der Waals surface area (Å²) in [5, 5.41) is 0. The Bertz CT molecular complexity index is 483. The summed E-state index contributed by atoms with van der Waals surface area (Å²) in [5.74, 6) is -0.276. The minimum Gasteiger partial charge on any atom is -0.461 e. The van der Waals surface area contributed by atoms with Gasteiger partial charge in [-0.05, 0) is 42.8 Å². The van der Waals surface area contributed by atoms with E-state index < -0.39 is 0 Å². The van der Waals surface area contributed by atoms with Crippen molar-refractivity contribution in [1.82, 2.24) is 0 Å². The van der Waals surface area contributed by atoms with Crippen molar-refractivity contribution < 1.29 is 13.6 Å². The van der Waals surface area contributed by atoms with Gasteiger partial charge in [0.1, 0.15) is 5.82 Å². The van der Waals surface area contributed by atoms with Crippen LogP contribution in [0.3, 0.4) is 0 Å². The maximum Gasteiger partial charge on any atom is 0.228 e. The maximum absolute atomic E-state index is 12.6. The molecule has 0 radical (unpaired) electrons. The van der Waals surface area contributed by atoms with Crippen LogP contribution in [0.15, 0.2) is 41.0 Å². The lowest BCUT2D eigenvalue weighted by Crippen LogP contribution is -2.01. The van der Waals surface area contributed by atoms with Gasteiger partial charge in [-0.15, -0.1) is 0 Å². The van der Waals surface area contributed by atoms with Crippen LogP contribution in [0.5, 0.6) is 0 Å². The molecule has 1 heterocycles. The fourth-order valence-electron chi connectivity index (χ4n) is 1.34. The first-order valence-electron chi connectivity index (χ1n) is 4.53. The Balaban J connectivity index is 2.37. The maximum atomic E-state index is 12.6. The van der Waals surface area contributed by atoms with Crippen molar-refractivity contribution in [2.75, 3.05) is 0 Å². The van der Waals surface area contributed by atoms with E-state index in [1.165, 1.54) is 30.5 Å². The van der Waals surface area contributed by atoms with Crippen molar-refractivity contribution >= 4 is 5.78 Å². The molecule has 0 aliphatic rings. The zero-order valence-electron chi connectivity index (χ0n) is 8.16. The van der Waals surface area contributed by atoms with Gasteiger partial charge >= 0.3 is 0 Å². The molecule has 2 aromatic rings. The molecular weight excluding hydrogens is 195 g/mol. The molecule has 2 nitrogen and oxygen atoms in total. The monoisotopic (exact) mass is 204 g/mol. The molecule has 0 aliphatic heterocycles. The number of benzene rings is 1. The molecule has 1 aromatic carbocycles. The number of furan rings is 1. The summed E-state index contributed by atoms with van der Waals surface area (Å²) in [6.45, 7) is 1.79. The number of ketones is 1. The van der Waals surface area contributed by atoms with Gasteiger partial charge in [0.05, 0.1) is 6.26 Å². The number of halogens is 1. The summed E-state index contributed by atoms with van der Waals surface area (Å²) >= 11 is 0. The fourth-order valence-corrected chi connectivity index (χ4v) is 1.34. The zero-order valence-corrected chi connectivity index (χ0v) is 8.16. The predicted molar refractivity (Wildman–Crippen MR) is 53.3 cm³/mol. The van der Waals surface area contributed by atoms with E-state index in [0.717, 1.165) is 5.56 Å². The fraction of sp³-hybridized carbons (Fsp3) is 0.0833. The summed E-state index contributed by atoms with van der Waals surface area (Å²) < 4.78 is 17.7. The van der Waals surface area contributed by atoms with Gasteiger partial charge < -0.3 is 4.42 Å². The van der Waals surface area contributed by atoms with Crippen molar-refractivity contribution in [2.24, 2.45) is 0 Å². The lowest BCUT2D eigenvalue weighted by atomic mass is 10.1. The van der Waals surface area contributed by atoms with Crippen molar-refractivity contribution in [3.8, 4) is 0 Å². The molecule has 0 N–H and O–H groups in total. The highest BCUT2D eigenvalue weighted by Gasteiger charge is 2.14. The van der Waals surface area contributed by atoms with Crippen molar-refractivity contribution in [1.29, 1.82) is 0 Å². The molecule has 0 fully saturated rings. The van der Waals surface area contributed by atoms with Crippen LogP contribution in [-0.4, -0.2) is 5.78 Å². The number of aryl methyl sites for hydroxylation is 1. The average Bonchev–Trinajstić information content (AvgIpc) is 2.65. The predicted octanol–water partition coefficient (Wildman–Crippen LogP) is 2.96. The third-order valence-corrected chi connectivity index (χ3v) is 2.17. The Labute approximate surface area is 86.3 Å². The van der Waals surface area contributed by atoms with Gasteiger partial charge in [0.2, 0.25) is 5.78 Å². The normalized spacial score (nSPS) is 10.3. The second-order valence-corrected chi connectivity index (χ2v) is 3.27. The number of hydrogen-bond donors (Lipinski definition) is 0. The lowest BCUT2D eigenvalue weighted by Gasteiger charge is -1.98. The van der Waals surface area contributed by atoms with Crippen molar-refractivity contribution in [2.45, 2.75) is 6.92 Å². The zero-order chi connectivity index (χ0) is 10.8. The first kappa shape index (κ1) is 9.65. The van der Waals surface area contributed by atoms with Gasteiger partial charge in [-0.2, -0.15) is 0 Å². The van der Waals surface area contributed by atoms with Crippen molar-refractivity contribution in [3.05, 3.63) is 59.3 Å². The summed E-state index contributed by atoms with van der Waals surface area (Å²) in [6.07, 6.45) is 1.46. The van der Waals surface area contributed by atoms with E-state index in [1.807, 2.05) is 0 Å². The van der Waals surface area contributed by atoms with E-state index in [1.54, 1.807) is 13.0 Å². The third-order valence-electron chi connectivity index (χ3n) is 2.17. The topological polar surface area (TPSA) is 30.2 Å². The van der Waals surface area contributed by atoms with Gasteiger partial charge in [-0.25, -0.2) is 4.39 Å². The SMILES string of the molecule is Cc1ccoc1C(=O)c1ccc(F)cc1. The highest BCUT2D eigenvalue weighted by atomic mass is 19.1. The van der Waals surface area contributed by atoms with Crippen LogP contribution in [0, 0.1) is 12.7 Å². The Morgan fingerprint density at radius 2 is 1.87 bits per heavy atom. The van der Waals surface area contributed by atoms with Gasteiger partial charge in [0, 0.05) is 5.56 Å². The van der Waals surface area contributed by atoms with E-state index >= 15 is 0 Å². The first-order valence-corrected chi connectivity index (χ1v) is 4.53. The van der Waals surface area contributed by atoms with E-state index in [9.17, 15) is 9.18 Å². The molecule has 0 aliphatic carbocycles. The molecule has 2 rings (SSSR count). The van der Waals surface area contributed by atoms with Gasteiger partial charge in [-0.1, -0.05) is 0 Å². The van der Waals surface area contributed by atoms with Crippen LogP contribution in [0.1, 0.15) is 21.7 Å². The standard InChI is InChI=1S/C12H9FO2/c1-8-6-7-15-12(8)11(14)9-2-4-10(13)5-3-9/h2-7H,1H3. The molecule has 76 valence electrons. The molecule has 0 spiro atoms. The van der Waals surface area contributed by atoms with Crippen LogP contribution in [0.25, 0.3) is 0 Å². The summed E-state index contributed by atoms with van der Waals surface area (Å²) in [6, 6.07) is 7.12. The molecule has 0 unspecified atom stereocenters. The van der Waals surface area contributed by atoms with E-state index in [-0.39, 0.29) is 11.6 Å². The van der Waals surface area contributed by atoms with Crippen LogP contribution in [0.4, 0.5) is 4.39 Å². The average molecular weight is 204 g/mol. The second-order valence-electron chi connectivity index (χ2n) is 3.27. The van der Waals surface area contributed by atoms with Gasteiger partial charge in [0.15, 0.2) is 5.76 Å². The minimum atomic E-state index is -0.359. The van der Waals surface area contributed by atoms with Crippen LogP contribution < -0.4 is 0 Å². The molecule has 0 amide bonds. The minimum absolute atomic E-state index is 0.225. The Morgan fingerprint density at radius 3 is 2.40 bits per heavy atom. The summed E-state index contributed by atoms with van der Waals surface area (Å²) in [7, 11) is 0. The van der Waals surface area contributed by atoms with Crippen molar-refractivity contribution in [3.63, 3.8) is 0 Å². The highest BCUT2D eigenvalue weighted by molar-refractivity contribution is 6.07. The third kappa shape index (κ3) is 1.81. The van der Waals surface area contributed by atoms with E-state index in [2.05, 4.69) is 0 Å². The molecule has 0 saturated heterocycles. The van der Waals surface area contributed by atoms with E-state index in [0.29, 0.717) is 11.3 Å².